The van der Waals surface area contributed by atoms with Gasteiger partial charge in [-0.1, -0.05) is 30.2 Å². The molecule has 0 aliphatic carbocycles. The number of methoxy groups -OCH3 is 1. The molecule has 1 aliphatic rings. The van der Waals surface area contributed by atoms with E-state index in [-0.39, 0.29) is 23.3 Å². The van der Waals surface area contributed by atoms with E-state index < -0.39 is 10.0 Å². The average molecular weight is 459 g/mol. The lowest BCUT2D eigenvalue weighted by Gasteiger charge is -2.26. The van der Waals surface area contributed by atoms with E-state index in [4.69, 9.17) is 4.74 Å². The van der Waals surface area contributed by atoms with Gasteiger partial charge in [-0.05, 0) is 74.9 Å². The first kappa shape index (κ1) is 24.3. The summed E-state index contributed by atoms with van der Waals surface area (Å²) in [7, 11) is -1.98. The predicted molar refractivity (Wildman–Crippen MR) is 126 cm³/mol. The van der Waals surface area contributed by atoms with Crippen molar-refractivity contribution in [2.24, 2.45) is 0 Å². The Bertz CT molecular complexity index is 1060. The van der Waals surface area contributed by atoms with Crippen LogP contribution in [0.3, 0.4) is 0 Å². The van der Waals surface area contributed by atoms with Gasteiger partial charge in [0.15, 0.2) is 0 Å². The molecule has 1 amide bonds. The first-order valence-electron chi connectivity index (χ1n) is 11.3. The van der Waals surface area contributed by atoms with Gasteiger partial charge in [0, 0.05) is 19.5 Å². The highest BCUT2D eigenvalue weighted by Crippen LogP contribution is 2.27. The fourth-order valence-corrected chi connectivity index (χ4v) is 5.80. The zero-order valence-corrected chi connectivity index (χ0v) is 20.3. The lowest BCUT2D eigenvalue weighted by atomic mass is 9.99. The van der Waals surface area contributed by atoms with E-state index in [1.54, 1.807) is 29.6 Å². The summed E-state index contributed by atoms with van der Waals surface area (Å²) < 4.78 is 33.1. The molecule has 0 aromatic heterocycles. The molecule has 0 radical (unpaired) electrons. The number of piperidine rings is 1. The van der Waals surface area contributed by atoms with Crippen molar-refractivity contribution < 1.29 is 17.9 Å². The molecule has 1 fully saturated rings. The smallest absolute Gasteiger partial charge is 0.243 e. The lowest BCUT2D eigenvalue weighted by Crippen LogP contribution is -2.35. The van der Waals surface area contributed by atoms with Gasteiger partial charge in [-0.25, -0.2) is 8.42 Å². The minimum atomic E-state index is -3.53. The first-order chi connectivity index (χ1) is 15.2. The zero-order chi connectivity index (χ0) is 23.3. The molecule has 7 heteroatoms. The number of sulfonamides is 1. The van der Waals surface area contributed by atoms with E-state index in [2.05, 4.69) is 23.5 Å². The number of amides is 1. The molecular weight excluding hydrogens is 424 g/mol. The molecule has 1 atom stereocenters. The normalized spacial score (nSPS) is 15.9. The molecule has 1 N–H and O–H groups in total. The van der Waals surface area contributed by atoms with Crippen molar-refractivity contribution >= 4 is 15.9 Å². The summed E-state index contributed by atoms with van der Waals surface area (Å²) in [6.45, 7) is 7.17. The third-order valence-electron chi connectivity index (χ3n) is 6.10. The molecular formula is C25H34N2O4S. The van der Waals surface area contributed by atoms with E-state index in [9.17, 15) is 13.2 Å². The number of rotatable bonds is 8. The van der Waals surface area contributed by atoms with Crippen molar-refractivity contribution in [3.8, 4) is 5.75 Å². The Hall–Kier alpha value is -2.38. The van der Waals surface area contributed by atoms with Crippen molar-refractivity contribution in [2.45, 2.75) is 63.8 Å². The molecule has 1 heterocycles. The number of nitrogens with zero attached hydrogens (tertiary/aromatic N) is 1. The van der Waals surface area contributed by atoms with Crippen LogP contribution in [0.4, 0.5) is 0 Å². The molecule has 2 aromatic rings. The van der Waals surface area contributed by atoms with Gasteiger partial charge in [0.1, 0.15) is 5.75 Å². The van der Waals surface area contributed by atoms with Gasteiger partial charge in [-0.3, -0.25) is 4.79 Å². The molecule has 0 spiro atoms. The third-order valence-corrected chi connectivity index (χ3v) is 8.00. The quantitative estimate of drug-likeness (QED) is 0.640. The molecule has 0 bridgehead atoms. The molecule has 3 rings (SSSR count). The van der Waals surface area contributed by atoms with Gasteiger partial charge in [-0.15, -0.1) is 0 Å². The average Bonchev–Trinajstić information content (AvgIpc) is 2.79. The van der Waals surface area contributed by atoms with Crippen molar-refractivity contribution in [3.63, 3.8) is 0 Å². The number of nitrogens with one attached hydrogen (secondary N) is 1. The maximum atomic E-state index is 13.0. The van der Waals surface area contributed by atoms with E-state index >= 15 is 0 Å². The van der Waals surface area contributed by atoms with Crippen LogP contribution >= 0.6 is 0 Å². The summed E-state index contributed by atoms with van der Waals surface area (Å²) in [5, 5.41) is 3.06. The summed E-state index contributed by atoms with van der Waals surface area (Å²) in [6.07, 6.45) is 3.49. The topological polar surface area (TPSA) is 75.7 Å². The van der Waals surface area contributed by atoms with Crippen LogP contribution in [0.2, 0.25) is 0 Å². The Balaban J connectivity index is 1.70. The minimum absolute atomic E-state index is 0.0789. The van der Waals surface area contributed by atoms with Gasteiger partial charge in [0.05, 0.1) is 18.0 Å². The zero-order valence-electron chi connectivity index (χ0n) is 19.5. The summed E-state index contributed by atoms with van der Waals surface area (Å²) in [5.74, 6) is 0.516. The van der Waals surface area contributed by atoms with Crippen LogP contribution in [0.5, 0.6) is 5.75 Å². The Morgan fingerprint density at radius 2 is 1.81 bits per heavy atom. The van der Waals surface area contributed by atoms with Crippen molar-refractivity contribution in [2.75, 3.05) is 20.2 Å². The highest BCUT2D eigenvalue weighted by atomic mass is 32.2. The van der Waals surface area contributed by atoms with E-state index in [1.807, 2.05) is 20.8 Å². The second-order valence-corrected chi connectivity index (χ2v) is 10.5. The van der Waals surface area contributed by atoms with Gasteiger partial charge in [0.25, 0.3) is 0 Å². The van der Waals surface area contributed by atoms with Gasteiger partial charge >= 0.3 is 0 Å². The van der Waals surface area contributed by atoms with Crippen LogP contribution in [0.15, 0.2) is 41.3 Å². The fraction of sp³-hybridized carbons (Fsp3) is 0.480. The van der Waals surface area contributed by atoms with Crippen LogP contribution in [0.25, 0.3) is 0 Å². The molecule has 32 heavy (non-hydrogen) atoms. The molecule has 1 aliphatic heterocycles. The van der Waals surface area contributed by atoms with E-state index in [0.29, 0.717) is 25.3 Å². The fourth-order valence-electron chi connectivity index (χ4n) is 4.23. The number of benzene rings is 2. The van der Waals surface area contributed by atoms with Crippen molar-refractivity contribution in [1.82, 2.24) is 9.62 Å². The Morgan fingerprint density at radius 3 is 2.50 bits per heavy atom. The minimum Gasteiger partial charge on any atom is -0.496 e. The maximum absolute atomic E-state index is 13.0. The Labute approximate surface area is 192 Å². The third kappa shape index (κ3) is 5.70. The molecule has 174 valence electrons. The second-order valence-electron chi connectivity index (χ2n) is 8.59. The summed E-state index contributed by atoms with van der Waals surface area (Å²) in [5.41, 5.74) is 4.12. The Kier molecular flexibility index (Phi) is 7.96. The second kappa shape index (κ2) is 10.5. The number of ether oxygens (including phenoxy) is 1. The molecule has 2 aromatic carbocycles. The van der Waals surface area contributed by atoms with Crippen LogP contribution < -0.4 is 10.1 Å². The number of aryl methyl sites for hydroxylation is 3. The van der Waals surface area contributed by atoms with Gasteiger partial charge in [0.2, 0.25) is 15.9 Å². The summed E-state index contributed by atoms with van der Waals surface area (Å²) in [4.78, 5) is 12.9. The molecule has 1 saturated heterocycles. The summed E-state index contributed by atoms with van der Waals surface area (Å²) in [6, 6.07) is 11.0. The van der Waals surface area contributed by atoms with E-state index in [0.717, 1.165) is 41.5 Å². The Morgan fingerprint density at radius 1 is 1.09 bits per heavy atom. The highest BCUT2D eigenvalue weighted by molar-refractivity contribution is 7.89. The van der Waals surface area contributed by atoms with Gasteiger partial charge < -0.3 is 10.1 Å². The van der Waals surface area contributed by atoms with Crippen LogP contribution in [0, 0.1) is 13.8 Å². The first-order valence-corrected chi connectivity index (χ1v) is 12.7. The molecule has 0 saturated carbocycles. The standard InChI is InChI=1S/C25H34N2O4S/c1-18-8-9-19(2)23(16-18)20(3)26-25(28)13-10-21-17-22(11-12-24(21)31-4)32(29,30)27-14-6-5-7-15-27/h8-9,11-12,16-17,20H,5-7,10,13-15H2,1-4H3,(H,26,28). The predicted octanol–water partition coefficient (Wildman–Crippen LogP) is 4.30. The number of carbonyl (C=O) groups excluding carboxylic acids is 1. The van der Waals surface area contributed by atoms with E-state index in [1.165, 1.54) is 0 Å². The molecule has 1 unspecified atom stereocenters. The number of carbonyl (C=O) groups is 1. The van der Waals surface area contributed by atoms with Crippen LogP contribution in [-0.2, 0) is 21.2 Å². The van der Waals surface area contributed by atoms with Gasteiger partial charge in [-0.2, -0.15) is 4.31 Å². The largest absolute Gasteiger partial charge is 0.496 e. The SMILES string of the molecule is COc1ccc(S(=O)(=O)N2CCCCC2)cc1CCC(=O)NC(C)c1cc(C)ccc1C. The summed E-state index contributed by atoms with van der Waals surface area (Å²) >= 11 is 0. The lowest BCUT2D eigenvalue weighted by molar-refractivity contribution is -0.121. The van der Waals surface area contributed by atoms with Crippen LogP contribution in [0.1, 0.15) is 60.9 Å². The van der Waals surface area contributed by atoms with Crippen LogP contribution in [-0.4, -0.2) is 38.8 Å². The van der Waals surface area contributed by atoms with Crippen molar-refractivity contribution in [3.05, 3.63) is 58.7 Å². The van der Waals surface area contributed by atoms with Crippen molar-refractivity contribution in [1.29, 1.82) is 0 Å². The number of hydrogen-bond donors (Lipinski definition) is 1. The monoisotopic (exact) mass is 458 g/mol. The molecule has 6 nitrogen and oxygen atoms in total. The highest BCUT2D eigenvalue weighted by Gasteiger charge is 2.26. The maximum Gasteiger partial charge on any atom is 0.243 e. The number of hydrogen-bond acceptors (Lipinski definition) is 4.